The monoisotopic (exact) mass is 212 g/mol. The molecule has 86 valence electrons. The summed E-state index contributed by atoms with van der Waals surface area (Å²) < 4.78 is 0. The number of carbonyl (C=O) groups is 2. The van der Waals surface area contributed by atoms with Crippen LogP contribution in [0.4, 0.5) is 0 Å². The maximum atomic E-state index is 11.9. The first-order chi connectivity index (χ1) is 6.91. The zero-order valence-electron chi connectivity index (χ0n) is 9.91. The van der Waals surface area contributed by atoms with Crippen molar-refractivity contribution < 1.29 is 9.59 Å². The largest absolute Gasteiger partial charge is 0.344 e. The molecule has 1 N–H and O–H groups in total. The number of hydrogen-bond acceptors (Lipinski definition) is 2. The predicted molar refractivity (Wildman–Crippen MR) is 58.2 cm³/mol. The zero-order valence-corrected chi connectivity index (χ0v) is 9.91. The van der Waals surface area contributed by atoms with Crippen molar-refractivity contribution in [2.24, 2.45) is 5.92 Å². The topological polar surface area (TPSA) is 49.4 Å². The Morgan fingerprint density at radius 2 is 2.07 bits per heavy atom. The molecule has 1 rings (SSSR count). The van der Waals surface area contributed by atoms with E-state index in [0.29, 0.717) is 18.8 Å². The molecule has 0 bridgehead atoms. The standard InChI is InChI=1S/C11H20N2O2/c1-7(2)5-9-11(15)13(4)8(3)6-10(14)12-9/h7-9H,5-6H2,1-4H3,(H,12,14). The maximum absolute atomic E-state index is 11.9. The van der Waals surface area contributed by atoms with E-state index in [9.17, 15) is 9.59 Å². The van der Waals surface area contributed by atoms with Crippen LogP contribution in [-0.2, 0) is 9.59 Å². The summed E-state index contributed by atoms with van der Waals surface area (Å²) >= 11 is 0. The van der Waals surface area contributed by atoms with Gasteiger partial charge in [0.05, 0.1) is 0 Å². The van der Waals surface area contributed by atoms with E-state index in [1.165, 1.54) is 0 Å². The molecule has 2 unspecified atom stereocenters. The van der Waals surface area contributed by atoms with Crippen LogP contribution in [0.1, 0.15) is 33.6 Å². The minimum atomic E-state index is -0.340. The van der Waals surface area contributed by atoms with Crippen molar-refractivity contribution >= 4 is 11.8 Å². The van der Waals surface area contributed by atoms with Crippen LogP contribution in [0.5, 0.6) is 0 Å². The van der Waals surface area contributed by atoms with Gasteiger partial charge in [0.2, 0.25) is 11.8 Å². The van der Waals surface area contributed by atoms with Gasteiger partial charge in [0.25, 0.3) is 0 Å². The minimum absolute atomic E-state index is 0.00494. The summed E-state index contributed by atoms with van der Waals surface area (Å²) in [7, 11) is 1.76. The SMILES string of the molecule is CC(C)CC1NC(=O)CC(C)N(C)C1=O. The van der Waals surface area contributed by atoms with Gasteiger partial charge in [-0.1, -0.05) is 13.8 Å². The van der Waals surface area contributed by atoms with Crippen molar-refractivity contribution in [1.29, 1.82) is 0 Å². The molecule has 4 nitrogen and oxygen atoms in total. The van der Waals surface area contributed by atoms with Gasteiger partial charge in [-0.25, -0.2) is 0 Å². The lowest BCUT2D eigenvalue weighted by Gasteiger charge is -2.24. The van der Waals surface area contributed by atoms with Gasteiger partial charge in [0.1, 0.15) is 6.04 Å². The van der Waals surface area contributed by atoms with Crippen LogP contribution in [-0.4, -0.2) is 35.8 Å². The summed E-state index contributed by atoms with van der Waals surface area (Å²) in [5.74, 6) is 0.411. The van der Waals surface area contributed by atoms with Gasteiger partial charge in [-0.05, 0) is 19.3 Å². The lowest BCUT2D eigenvalue weighted by molar-refractivity contribution is -0.133. The Morgan fingerprint density at radius 3 is 2.60 bits per heavy atom. The Morgan fingerprint density at radius 1 is 1.47 bits per heavy atom. The Bertz CT molecular complexity index is 263. The molecule has 15 heavy (non-hydrogen) atoms. The molecule has 0 saturated carbocycles. The third kappa shape index (κ3) is 2.94. The summed E-state index contributed by atoms with van der Waals surface area (Å²) in [4.78, 5) is 25.1. The van der Waals surface area contributed by atoms with Crippen LogP contribution < -0.4 is 5.32 Å². The van der Waals surface area contributed by atoms with Gasteiger partial charge >= 0.3 is 0 Å². The summed E-state index contributed by atoms with van der Waals surface area (Å²) in [5, 5.41) is 2.79. The Kier molecular flexibility index (Phi) is 3.72. The van der Waals surface area contributed by atoms with Gasteiger partial charge in [-0.2, -0.15) is 0 Å². The van der Waals surface area contributed by atoms with Crippen LogP contribution in [0.3, 0.4) is 0 Å². The summed E-state index contributed by atoms with van der Waals surface area (Å²) in [5.41, 5.74) is 0. The van der Waals surface area contributed by atoms with Gasteiger partial charge in [0.15, 0.2) is 0 Å². The third-order valence-corrected chi connectivity index (χ3v) is 2.83. The average Bonchev–Trinajstić information content (AvgIpc) is 2.19. The number of hydrogen-bond donors (Lipinski definition) is 1. The number of nitrogens with one attached hydrogen (secondary N) is 1. The molecule has 2 atom stereocenters. The van der Waals surface area contributed by atoms with Crippen LogP contribution >= 0.6 is 0 Å². The quantitative estimate of drug-likeness (QED) is 0.735. The molecule has 1 aliphatic rings. The first-order valence-electron chi connectivity index (χ1n) is 5.47. The first-order valence-corrected chi connectivity index (χ1v) is 5.47. The molecule has 0 radical (unpaired) electrons. The Labute approximate surface area is 91.0 Å². The summed E-state index contributed by atoms with van der Waals surface area (Å²) in [6.07, 6.45) is 1.11. The molecule has 0 spiro atoms. The highest BCUT2D eigenvalue weighted by Crippen LogP contribution is 2.14. The highest BCUT2D eigenvalue weighted by molar-refractivity contribution is 5.90. The molecule has 1 fully saturated rings. The van der Waals surface area contributed by atoms with E-state index in [1.807, 2.05) is 20.8 Å². The molecule has 0 aromatic rings. The van der Waals surface area contributed by atoms with E-state index < -0.39 is 0 Å². The van der Waals surface area contributed by atoms with Gasteiger partial charge < -0.3 is 10.2 Å². The van der Waals surface area contributed by atoms with E-state index in [-0.39, 0.29) is 23.9 Å². The van der Waals surface area contributed by atoms with Crippen molar-refractivity contribution in [3.63, 3.8) is 0 Å². The number of carbonyl (C=O) groups excluding carboxylic acids is 2. The normalized spacial score (nSPS) is 27.9. The molecule has 0 aromatic carbocycles. The second-order valence-electron chi connectivity index (χ2n) is 4.75. The molecule has 1 aliphatic heterocycles. The molecule has 1 saturated heterocycles. The smallest absolute Gasteiger partial charge is 0.245 e. The predicted octanol–water partition coefficient (Wildman–Crippen LogP) is 0.768. The molecule has 2 amide bonds. The van der Waals surface area contributed by atoms with Gasteiger partial charge in [-0.3, -0.25) is 9.59 Å². The third-order valence-electron chi connectivity index (χ3n) is 2.83. The van der Waals surface area contributed by atoms with E-state index >= 15 is 0 Å². The van der Waals surface area contributed by atoms with Crippen LogP contribution in [0.25, 0.3) is 0 Å². The van der Waals surface area contributed by atoms with E-state index in [0.717, 1.165) is 0 Å². The summed E-state index contributed by atoms with van der Waals surface area (Å²) in [6.45, 7) is 6.00. The average molecular weight is 212 g/mol. The Balaban J connectivity index is 2.78. The summed E-state index contributed by atoms with van der Waals surface area (Å²) in [6, 6.07) is -0.345. The fourth-order valence-corrected chi connectivity index (χ4v) is 1.81. The molecule has 1 heterocycles. The lowest BCUT2D eigenvalue weighted by atomic mass is 10.0. The first kappa shape index (κ1) is 12.0. The fraction of sp³-hybridized carbons (Fsp3) is 0.818. The van der Waals surface area contributed by atoms with E-state index in [4.69, 9.17) is 0 Å². The fourth-order valence-electron chi connectivity index (χ4n) is 1.81. The second kappa shape index (κ2) is 4.64. The highest BCUT2D eigenvalue weighted by Gasteiger charge is 2.31. The van der Waals surface area contributed by atoms with E-state index in [2.05, 4.69) is 5.32 Å². The molecule has 0 aliphatic carbocycles. The Hall–Kier alpha value is -1.06. The van der Waals surface area contributed by atoms with Crippen LogP contribution in [0.15, 0.2) is 0 Å². The number of rotatable bonds is 2. The van der Waals surface area contributed by atoms with Crippen molar-refractivity contribution in [1.82, 2.24) is 10.2 Å². The minimum Gasteiger partial charge on any atom is -0.344 e. The zero-order chi connectivity index (χ0) is 11.6. The number of likely N-dealkylation sites (N-methyl/N-ethyl adjacent to an activating group) is 1. The molecular formula is C11H20N2O2. The van der Waals surface area contributed by atoms with Gasteiger partial charge in [-0.15, -0.1) is 0 Å². The van der Waals surface area contributed by atoms with Crippen LogP contribution in [0, 0.1) is 5.92 Å². The van der Waals surface area contributed by atoms with Crippen molar-refractivity contribution in [3.05, 3.63) is 0 Å². The highest BCUT2D eigenvalue weighted by atomic mass is 16.2. The second-order valence-corrected chi connectivity index (χ2v) is 4.75. The maximum Gasteiger partial charge on any atom is 0.245 e. The molecular weight excluding hydrogens is 192 g/mol. The van der Waals surface area contributed by atoms with E-state index in [1.54, 1.807) is 11.9 Å². The molecule has 4 heteroatoms. The number of nitrogens with zero attached hydrogens (tertiary/aromatic N) is 1. The molecule has 0 aromatic heterocycles. The van der Waals surface area contributed by atoms with Gasteiger partial charge in [0, 0.05) is 19.5 Å². The number of amides is 2. The lowest BCUT2D eigenvalue weighted by Crippen LogP contribution is -2.45. The van der Waals surface area contributed by atoms with Crippen molar-refractivity contribution in [2.45, 2.75) is 45.7 Å². The van der Waals surface area contributed by atoms with Crippen molar-refractivity contribution in [2.75, 3.05) is 7.05 Å². The van der Waals surface area contributed by atoms with Crippen LogP contribution in [0.2, 0.25) is 0 Å². The van der Waals surface area contributed by atoms with Crippen molar-refractivity contribution in [3.8, 4) is 0 Å².